The Morgan fingerprint density at radius 2 is 1.33 bits per heavy atom. The third-order valence-electron chi connectivity index (χ3n) is 9.06. The Morgan fingerprint density at radius 3 is 1.85 bits per heavy atom. The van der Waals surface area contributed by atoms with Crippen LogP contribution in [0.2, 0.25) is 0 Å². The lowest BCUT2D eigenvalue weighted by molar-refractivity contribution is -0.160. The standard InChI is InChI=1S/C31H62INO6/c1-22(2)29(10,11)26(34)36-19-20-38-28(8,9)16-18-39-31(14,32)30(12,13)23(3)21-37-24(4)27(6,7)15-17-35-25(5)33/h22-25H,15-21,33H2,1-14H3. The van der Waals surface area contributed by atoms with Gasteiger partial charge >= 0.3 is 5.97 Å². The molecule has 0 saturated carbocycles. The van der Waals surface area contributed by atoms with E-state index in [1.807, 2.05) is 48.5 Å². The minimum atomic E-state index is -0.504. The predicted molar refractivity (Wildman–Crippen MR) is 169 cm³/mol. The molecule has 0 aromatic rings. The quantitative estimate of drug-likeness (QED) is 0.0476. The molecule has 0 aromatic carbocycles. The van der Waals surface area contributed by atoms with Gasteiger partial charge in [-0.25, -0.2) is 0 Å². The van der Waals surface area contributed by atoms with E-state index in [1.54, 1.807) is 0 Å². The third-order valence-corrected chi connectivity index (χ3v) is 10.8. The van der Waals surface area contributed by atoms with Gasteiger partial charge in [0.25, 0.3) is 0 Å². The van der Waals surface area contributed by atoms with Gasteiger partial charge in [0, 0.05) is 12.0 Å². The molecule has 0 fully saturated rings. The van der Waals surface area contributed by atoms with Crippen LogP contribution in [0.4, 0.5) is 0 Å². The summed E-state index contributed by atoms with van der Waals surface area (Å²) >= 11 is 2.43. The number of carbonyl (C=O) groups is 1. The lowest BCUT2D eigenvalue weighted by Gasteiger charge is -2.45. The molecule has 0 bridgehead atoms. The molecule has 0 rings (SSSR count). The Morgan fingerprint density at radius 1 is 0.769 bits per heavy atom. The second-order valence-corrected chi connectivity index (χ2v) is 16.1. The van der Waals surface area contributed by atoms with Crippen molar-refractivity contribution in [3.8, 4) is 0 Å². The van der Waals surface area contributed by atoms with Crippen LogP contribution in [0.25, 0.3) is 0 Å². The van der Waals surface area contributed by atoms with Gasteiger partial charge in [-0.2, -0.15) is 0 Å². The summed E-state index contributed by atoms with van der Waals surface area (Å²) in [6, 6.07) is 0. The first-order chi connectivity index (χ1) is 17.5. The zero-order chi connectivity index (χ0) is 30.9. The Balaban J connectivity index is 4.71. The maximum atomic E-state index is 12.3. The van der Waals surface area contributed by atoms with E-state index in [-0.39, 0.29) is 47.6 Å². The van der Waals surface area contributed by atoms with Crippen molar-refractivity contribution in [1.29, 1.82) is 0 Å². The zero-order valence-electron chi connectivity index (χ0n) is 27.7. The van der Waals surface area contributed by atoms with Crippen molar-refractivity contribution in [3.05, 3.63) is 0 Å². The normalized spacial score (nSPS) is 17.6. The second-order valence-electron chi connectivity index (χ2n) is 14.0. The van der Waals surface area contributed by atoms with Gasteiger partial charge < -0.3 is 29.4 Å². The highest BCUT2D eigenvalue weighted by molar-refractivity contribution is 14.1. The molecule has 4 unspecified atom stereocenters. The largest absolute Gasteiger partial charge is 0.463 e. The van der Waals surface area contributed by atoms with Gasteiger partial charge in [-0.05, 0) is 101 Å². The molecule has 4 atom stereocenters. The summed E-state index contributed by atoms with van der Waals surface area (Å²) in [5.74, 6) is 0.296. The molecule has 0 radical (unpaired) electrons. The van der Waals surface area contributed by atoms with Crippen LogP contribution in [0, 0.1) is 28.1 Å². The number of alkyl halides is 1. The highest BCUT2D eigenvalue weighted by Gasteiger charge is 2.44. The molecule has 0 aliphatic rings. The first kappa shape index (κ1) is 39.0. The van der Waals surface area contributed by atoms with Gasteiger partial charge in [-0.3, -0.25) is 4.79 Å². The van der Waals surface area contributed by atoms with Crippen molar-refractivity contribution < 1.29 is 28.5 Å². The fourth-order valence-electron chi connectivity index (χ4n) is 3.49. The Labute approximate surface area is 254 Å². The van der Waals surface area contributed by atoms with Crippen LogP contribution in [0.3, 0.4) is 0 Å². The van der Waals surface area contributed by atoms with Gasteiger partial charge in [-0.1, -0.05) is 48.5 Å². The molecule has 0 spiro atoms. The molecule has 2 N–H and O–H groups in total. The van der Waals surface area contributed by atoms with Crippen LogP contribution in [0.15, 0.2) is 0 Å². The van der Waals surface area contributed by atoms with E-state index < -0.39 is 14.6 Å². The summed E-state index contributed by atoms with van der Waals surface area (Å²) < 4.78 is 29.5. The number of hydrogen-bond acceptors (Lipinski definition) is 7. The predicted octanol–water partition coefficient (Wildman–Crippen LogP) is 7.37. The molecular formula is C31H62INO6. The first-order valence-electron chi connectivity index (χ1n) is 14.6. The number of nitrogens with two attached hydrogens (primary N) is 1. The molecule has 0 aromatic heterocycles. The number of rotatable bonds is 20. The summed E-state index contributed by atoms with van der Waals surface area (Å²) in [6.07, 6.45) is 1.45. The SMILES string of the molecule is CC(N)OCCC(C)(C)C(C)OCC(C)C(C)(C)C(C)(I)OCCC(C)(C)OCCOC(=O)C(C)(C)C(C)C. The summed E-state index contributed by atoms with van der Waals surface area (Å²) in [5, 5.41) is 0. The second kappa shape index (κ2) is 16.0. The third kappa shape index (κ3) is 13.2. The lowest BCUT2D eigenvalue weighted by Crippen LogP contribution is -2.46. The summed E-state index contributed by atoms with van der Waals surface area (Å²) in [7, 11) is 0. The van der Waals surface area contributed by atoms with Crippen molar-refractivity contribution in [2.24, 2.45) is 33.8 Å². The van der Waals surface area contributed by atoms with Gasteiger partial charge in [0.2, 0.25) is 0 Å². The maximum Gasteiger partial charge on any atom is 0.311 e. The molecule has 8 heteroatoms. The average molecular weight is 672 g/mol. The first-order valence-corrected chi connectivity index (χ1v) is 15.7. The van der Waals surface area contributed by atoms with E-state index in [9.17, 15) is 4.79 Å². The van der Waals surface area contributed by atoms with E-state index in [1.165, 1.54) is 0 Å². The van der Waals surface area contributed by atoms with E-state index in [2.05, 4.69) is 71.1 Å². The van der Waals surface area contributed by atoms with Crippen molar-refractivity contribution in [2.45, 2.75) is 131 Å². The van der Waals surface area contributed by atoms with Gasteiger partial charge in [-0.15, -0.1) is 0 Å². The zero-order valence-corrected chi connectivity index (χ0v) is 29.8. The number of halogens is 1. The molecular weight excluding hydrogens is 609 g/mol. The number of ether oxygens (including phenoxy) is 5. The summed E-state index contributed by atoms with van der Waals surface area (Å²) in [4.78, 5) is 12.3. The minimum Gasteiger partial charge on any atom is -0.463 e. The molecule has 39 heavy (non-hydrogen) atoms. The number of esters is 1. The lowest BCUT2D eigenvalue weighted by atomic mass is 9.76. The molecule has 234 valence electrons. The van der Waals surface area contributed by atoms with Crippen LogP contribution in [-0.2, 0) is 28.5 Å². The monoisotopic (exact) mass is 671 g/mol. The minimum absolute atomic E-state index is 0.0164. The van der Waals surface area contributed by atoms with Crippen molar-refractivity contribution >= 4 is 28.6 Å². The molecule has 0 aliphatic carbocycles. The fraction of sp³-hybridized carbons (Fsp3) is 0.968. The van der Waals surface area contributed by atoms with Crippen LogP contribution in [0.1, 0.15) is 110 Å². The van der Waals surface area contributed by atoms with E-state index in [4.69, 9.17) is 29.4 Å². The molecule has 0 heterocycles. The topological polar surface area (TPSA) is 89.2 Å². The molecule has 0 amide bonds. The summed E-state index contributed by atoms with van der Waals surface area (Å²) in [5.41, 5.74) is 4.66. The molecule has 0 saturated heterocycles. The van der Waals surface area contributed by atoms with Crippen LogP contribution in [0.5, 0.6) is 0 Å². The average Bonchev–Trinajstić information content (AvgIpc) is 2.78. The van der Waals surface area contributed by atoms with E-state index >= 15 is 0 Å². The Bertz CT molecular complexity index is 718. The molecule has 7 nitrogen and oxygen atoms in total. The van der Waals surface area contributed by atoms with Crippen molar-refractivity contribution in [2.75, 3.05) is 33.0 Å². The number of carbonyl (C=O) groups excluding carboxylic acids is 1. The molecule has 0 aliphatic heterocycles. The van der Waals surface area contributed by atoms with E-state index in [0.29, 0.717) is 26.4 Å². The summed E-state index contributed by atoms with van der Waals surface area (Å²) in [6.45, 7) is 31.7. The highest BCUT2D eigenvalue weighted by Crippen LogP contribution is 2.46. The van der Waals surface area contributed by atoms with Crippen LogP contribution >= 0.6 is 22.6 Å². The Hall–Kier alpha value is -0.000000000000000111. The Kier molecular flexibility index (Phi) is 16.0. The fourth-order valence-corrected chi connectivity index (χ4v) is 4.25. The maximum absolute atomic E-state index is 12.3. The number of hydrogen-bond donors (Lipinski definition) is 1. The van der Waals surface area contributed by atoms with Crippen molar-refractivity contribution in [1.82, 2.24) is 0 Å². The van der Waals surface area contributed by atoms with E-state index in [0.717, 1.165) is 12.8 Å². The van der Waals surface area contributed by atoms with Crippen LogP contribution < -0.4 is 5.73 Å². The van der Waals surface area contributed by atoms with Gasteiger partial charge in [0.15, 0.2) is 0 Å². The smallest absolute Gasteiger partial charge is 0.311 e. The van der Waals surface area contributed by atoms with Crippen LogP contribution in [-0.4, -0.2) is 60.5 Å². The highest BCUT2D eigenvalue weighted by atomic mass is 127. The van der Waals surface area contributed by atoms with Gasteiger partial charge in [0.1, 0.15) is 16.4 Å². The van der Waals surface area contributed by atoms with Gasteiger partial charge in [0.05, 0.1) is 36.9 Å². The van der Waals surface area contributed by atoms with Crippen molar-refractivity contribution in [3.63, 3.8) is 0 Å².